The van der Waals surface area contributed by atoms with Crippen LogP contribution in [-0.2, 0) is 9.53 Å². The van der Waals surface area contributed by atoms with Gasteiger partial charge in [0.1, 0.15) is 11.5 Å². The number of halogens is 1. The molecule has 0 spiro atoms. The molecule has 0 saturated heterocycles. The van der Waals surface area contributed by atoms with E-state index in [1.807, 2.05) is 56.3 Å². The van der Waals surface area contributed by atoms with Crippen LogP contribution < -0.4 is 9.47 Å². The standard InChI is InChI=1S/C25H22ClNO3.C10H20O2/c1-17(26)15-18(2)29-23-13-9-21(10-14-23)20-5-7-22(8-6-20)25(28)30-24-11-3-19(16-27)4-12-24;1-3-4-5-6-7-8-9-10(11)12-2/h3-14,17-18H,15H2,1-2H3;3-9H2,1-2H3. The predicted octanol–water partition coefficient (Wildman–Crippen LogP) is 9.14. The molecule has 2 atom stereocenters. The molecule has 6 nitrogen and oxygen atoms in total. The zero-order chi connectivity index (χ0) is 30.7. The molecule has 0 bridgehead atoms. The Morgan fingerprint density at radius 3 is 1.90 bits per heavy atom. The van der Waals surface area contributed by atoms with Gasteiger partial charge in [-0.1, -0.05) is 63.3 Å². The number of unbranched alkanes of at least 4 members (excludes halogenated alkanes) is 5. The van der Waals surface area contributed by atoms with Crippen LogP contribution in [0.1, 0.15) is 88.1 Å². The number of hydrogen-bond acceptors (Lipinski definition) is 6. The fourth-order valence-corrected chi connectivity index (χ4v) is 4.43. The van der Waals surface area contributed by atoms with Crippen LogP contribution in [0, 0.1) is 11.3 Å². The van der Waals surface area contributed by atoms with Gasteiger partial charge in [-0.05, 0) is 79.9 Å². The Morgan fingerprint density at radius 1 is 0.810 bits per heavy atom. The minimum absolute atomic E-state index is 0.0461. The summed E-state index contributed by atoms with van der Waals surface area (Å²) in [4.78, 5) is 23.0. The summed E-state index contributed by atoms with van der Waals surface area (Å²) in [6.07, 6.45) is 8.71. The normalized spacial score (nSPS) is 11.7. The lowest BCUT2D eigenvalue weighted by Gasteiger charge is -2.16. The Bertz CT molecular complexity index is 1250. The maximum atomic E-state index is 12.3. The van der Waals surface area contributed by atoms with Crippen LogP contribution in [0.4, 0.5) is 0 Å². The van der Waals surface area contributed by atoms with Crippen LogP contribution in [0.25, 0.3) is 11.1 Å². The molecule has 0 aromatic heterocycles. The monoisotopic (exact) mass is 591 g/mol. The van der Waals surface area contributed by atoms with Crippen molar-refractivity contribution in [1.29, 1.82) is 5.26 Å². The summed E-state index contributed by atoms with van der Waals surface area (Å²) in [6.45, 7) is 6.16. The highest BCUT2D eigenvalue weighted by Gasteiger charge is 2.11. The van der Waals surface area contributed by atoms with Crippen molar-refractivity contribution in [3.63, 3.8) is 0 Å². The number of nitriles is 1. The second-order valence-corrected chi connectivity index (χ2v) is 10.9. The van der Waals surface area contributed by atoms with Gasteiger partial charge in [-0.2, -0.15) is 5.26 Å². The first-order valence-electron chi connectivity index (χ1n) is 14.6. The van der Waals surface area contributed by atoms with Crippen molar-refractivity contribution < 1.29 is 23.8 Å². The molecule has 3 rings (SSSR count). The van der Waals surface area contributed by atoms with E-state index in [1.54, 1.807) is 36.4 Å². The van der Waals surface area contributed by atoms with Crippen LogP contribution in [0.5, 0.6) is 11.5 Å². The van der Waals surface area contributed by atoms with Gasteiger partial charge in [-0.3, -0.25) is 4.79 Å². The number of esters is 2. The lowest BCUT2D eigenvalue weighted by Crippen LogP contribution is -2.15. The molecule has 3 aromatic rings. The van der Waals surface area contributed by atoms with Gasteiger partial charge in [0.25, 0.3) is 0 Å². The minimum atomic E-state index is -0.447. The van der Waals surface area contributed by atoms with Gasteiger partial charge < -0.3 is 14.2 Å². The van der Waals surface area contributed by atoms with E-state index in [0.29, 0.717) is 23.3 Å². The molecule has 0 heterocycles. The molecular weight excluding hydrogens is 550 g/mol. The zero-order valence-electron chi connectivity index (χ0n) is 25.1. The van der Waals surface area contributed by atoms with Crippen molar-refractivity contribution in [3.05, 3.63) is 83.9 Å². The number of hydrogen-bond donors (Lipinski definition) is 0. The van der Waals surface area contributed by atoms with Gasteiger partial charge in [0, 0.05) is 18.2 Å². The van der Waals surface area contributed by atoms with Crippen molar-refractivity contribution in [2.45, 2.75) is 83.6 Å². The number of nitrogens with zero attached hydrogens (tertiary/aromatic N) is 1. The summed E-state index contributed by atoms with van der Waals surface area (Å²) in [6, 6.07) is 23.5. The lowest BCUT2D eigenvalue weighted by molar-refractivity contribution is -0.140. The smallest absolute Gasteiger partial charge is 0.343 e. The van der Waals surface area contributed by atoms with Crippen molar-refractivity contribution in [2.24, 2.45) is 0 Å². The Kier molecular flexibility index (Phi) is 15.8. The molecule has 224 valence electrons. The van der Waals surface area contributed by atoms with Crippen LogP contribution in [0.2, 0.25) is 0 Å². The number of methoxy groups -OCH3 is 1. The third-order valence-corrected chi connectivity index (χ3v) is 6.64. The molecule has 0 aliphatic heterocycles. The third-order valence-electron chi connectivity index (χ3n) is 6.46. The minimum Gasteiger partial charge on any atom is -0.491 e. The van der Waals surface area contributed by atoms with Crippen LogP contribution >= 0.6 is 11.6 Å². The molecule has 0 aliphatic carbocycles. The molecule has 3 aromatic carbocycles. The predicted molar refractivity (Wildman–Crippen MR) is 168 cm³/mol. The molecule has 0 aliphatic rings. The summed E-state index contributed by atoms with van der Waals surface area (Å²) in [5, 5.41) is 8.89. The van der Waals surface area contributed by atoms with E-state index in [4.69, 9.17) is 26.3 Å². The molecule has 0 saturated carbocycles. The SMILES string of the molecule is CC(Cl)CC(C)Oc1ccc(-c2ccc(C(=O)Oc3ccc(C#N)cc3)cc2)cc1.CCCCCCCCC(=O)OC. The van der Waals surface area contributed by atoms with Crippen molar-refractivity contribution in [1.82, 2.24) is 0 Å². The van der Waals surface area contributed by atoms with Crippen molar-refractivity contribution in [3.8, 4) is 28.7 Å². The first-order chi connectivity index (χ1) is 20.2. The van der Waals surface area contributed by atoms with E-state index < -0.39 is 5.97 Å². The fraction of sp³-hybridized carbons (Fsp3) is 0.400. The molecule has 0 fully saturated rings. The highest BCUT2D eigenvalue weighted by Crippen LogP contribution is 2.24. The summed E-state index contributed by atoms with van der Waals surface area (Å²) < 4.78 is 15.8. The van der Waals surface area contributed by atoms with Gasteiger partial charge in [-0.25, -0.2) is 4.79 Å². The molecule has 0 amide bonds. The number of rotatable bonds is 14. The van der Waals surface area contributed by atoms with E-state index in [9.17, 15) is 9.59 Å². The largest absolute Gasteiger partial charge is 0.491 e. The lowest BCUT2D eigenvalue weighted by atomic mass is 10.0. The molecule has 0 N–H and O–H groups in total. The average Bonchev–Trinajstić information content (AvgIpc) is 2.99. The van der Waals surface area contributed by atoms with E-state index in [1.165, 1.54) is 32.8 Å². The Labute approximate surface area is 255 Å². The summed E-state index contributed by atoms with van der Waals surface area (Å²) >= 11 is 6.01. The Hall–Kier alpha value is -3.82. The summed E-state index contributed by atoms with van der Waals surface area (Å²) in [7, 11) is 1.44. The van der Waals surface area contributed by atoms with E-state index in [-0.39, 0.29) is 17.5 Å². The van der Waals surface area contributed by atoms with E-state index in [0.717, 1.165) is 36.1 Å². The molecule has 2 unspecified atom stereocenters. The Balaban J connectivity index is 0.000000435. The molecular formula is C35H42ClNO5. The first kappa shape index (κ1) is 34.4. The van der Waals surface area contributed by atoms with Crippen LogP contribution in [0.15, 0.2) is 72.8 Å². The average molecular weight is 592 g/mol. The highest BCUT2D eigenvalue weighted by molar-refractivity contribution is 6.20. The van der Waals surface area contributed by atoms with Gasteiger partial charge in [0.2, 0.25) is 0 Å². The number of ether oxygens (including phenoxy) is 3. The van der Waals surface area contributed by atoms with E-state index in [2.05, 4.69) is 11.7 Å². The summed E-state index contributed by atoms with van der Waals surface area (Å²) in [5.74, 6) is 0.672. The third kappa shape index (κ3) is 13.2. The maximum absolute atomic E-state index is 12.3. The maximum Gasteiger partial charge on any atom is 0.343 e. The second kappa shape index (κ2) is 19.3. The van der Waals surface area contributed by atoms with Gasteiger partial charge in [-0.15, -0.1) is 11.6 Å². The number of benzene rings is 3. The number of alkyl halides is 1. The van der Waals surface area contributed by atoms with Crippen molar-refractivity contribution in [2.75, 3.05) is 7.11 Å². The second-order valence-electron chi connectivity index (χ2n) is 10.2. The fourth-order valence-electron chi connectivity index (χ4n) is 4.18. The van der Waals surface area contributed by atoms with Gasteiger partial charge in [0.05, 0.1) is 30.4 Å². The van der Waals surface area contributed by atoms with Crippen LogP contribution in [-0.4, -0.2) is 30.5 Å². The van der Waals surface area contributed by atoms with E-state index >= 15 is 0 Å². The van der Waals surface area contributed by atoms with Gasteiger partial charge >= 0.3 is 11.9 Å². The van der Waals surface area contributed by atoms with Crippen LogP contribution in [0.3, 0.4) is 0 Å². The highest BCUT2D eigenvalue weighted by atomic mass is 35.5. The molecule has 7 heteroatoms. The zero-order valence-corrected chi connectivity index (χ0v) is 25.9. The first-order valence-corrected chi connectivity index (χ1v) is 15.0. The summed E-state index contributed by atoms with van der Waals surface area (Å²) in [5.41, 5.74) is 2.97. The van der Waals surface area contributed by atoms with Crippen molar-refractivity contribution >= 4 is 23.5 Å². The van der Waals surface area contributed by atoms with Gasteiger partial charge in [0.15, 0.2) is 0 Å². The molecule has 0 radical (unpaired) electrons. The Morgan fingerprint density at radius 2 is 1.36 bits per heavy atom. The quantitative estimate of drug-likeness (QED) is 0.0804. The number of carbonyl (C=O) groups is 2. The molecule has 42 heavy (non-hydrogen) atoms. The topological polar surface area (TPSA) is 85.6 Å². The number of carbonyl (C=O) groups excluding carboxylic acids is 2.